The molecule has 0 radical (unpaired) electrons. The molecular weight excluding hydrogens is 338 g/mol. The molecule has 25 heavy (non-hydrogen) atoms. The molecule has 2 aromatic heterocycles. The van der Waals surface area contributed by atoms with Gasteiger partial charge in [-0.05, 0) is 36.8 Å². The second-order valence-electron chi connectivity index (χ2n) is 5.71. The lowest BCUT2D eigenvalue weighted by Gasteiger charge is -2.17. The van der Waals surface area contributed by atoms with Gasteiger partial charge in [0.05, 0.1) is 0 Å². The van der Waals surface area contributed by atoms with Crippen LogP contribution in [0.3, 0.4) is 0 Å². The fourth-order valence-corrected chi connectivity index (χ4v) is 2.93. The van der Waals surface area contributed by atoms with E-state index in [1.807, 2.05) is 30.3 Å². The van der Waals surface area contributed by atoms with E-state index in [9.17, 15) is 10.1 Å². The average Bonchev–Trinajstić information content (AvgIpc) is 3.21. The van der Waals surface area contributed by atoms with Crippen molar-refractivity contribution in [3.8, 4) is 12.0 Å². The van der Waals surface area contributed by atoms with Crippen LogP contribution in [-0.2, 0) is 6.54 Å². The Balaban J connectivity index is 1.93. The first-order valence-electron chi connectivity index (χ1n) is 7.68. The molecule has 126 valence electrons. The van der Waals surface area contributed by atoms with Gasteiger partial charge < -0.3 is 9.32 Å². The van der Waals surface area contributed by atoms with Crippen LogP contribution < -0.4 is 0 Å². The highest BCUT2D eigenvalue weighted by Gasteiger charge is 2.26. The molecule has 5 nitrogen and oxygen atoms in total. The van der Waals surface area contributed by atoms with Gasteiger partial charge in [0.25, 0.3) is 5.91 Å². The summed E-state index contributed by atoms with van der Waals surface area (Å²) in [5.74, 6) is 0.504. The van der Waals surface area contributed by atoms with Crippen molar-refractivity contribution in [2.24, 2.45) is 0 Å². The highest BCUT2D eigenvalue weighted by molar-refractivity contribution is 6.30. The number of nitriles is 1. The number of halogens is 1. The summed E-state index contributed by atoms with van der Waals surface area (Å²) in [7, 11) is 1.69. The van der Waals surface area contributed by atoms with Crippen LogP contribution in [-0.4, -0.2) is 22.4 Å². The van der Waals surface area contributed by atoms with Crippen LogP contribution in [0, 0.1) is 18.3 Å². The summed E-state index contributed by atoms with van der Waals surface area (Å²) in [4.78, 5) is 14.4. The number of benzene rings is 1. The lowest BCUT2D eigenvalue weighted by atomic mass is 10.1. The van der Waals surface area contributed by atoms with Crippen LogP contribution in [0.15, 0.2) is 53.2 Å². The van der Waals surface area contributed by atoms with Crippen molar-refractivity contribution in [1.82, 2.24) is 9.47 Å². The van der Waals surface area contributed by atoms with Gasteiger partial charge in [0.2, 0.25) is 5.88 Å². The van der Waals surface area contributed by atoms with Crippen molar-refractivity contribution in [3.63, 3.8) is 0 Å². The predicted molar refractivity (Wildman–Crippen MR) is 94.7 cm³/mol. The standard InChI is InChI=1S/C19H16ClN3O2/c1-13-17(16(11-21)19(25-13)23-8-3-4-9-23)18(24)22(2)12-14-6-5-7-15(20)10-14/h3-10H,12H2,1-2H3. The van der Waals surface area contributed by atoms with Gasteiger partial charge in [-0.1, -0.05) is 23.7 Å². The third-order valence-electron chi connectivity index (χ3n) is 3.89. The maximum Gasteiger partial charge on any atom is 0.258 e. The number of rotatable bonds is 4. The van der Waals surface area contributed by atoms with E-state index in [2.05, 4.69) is 6.07 Å². The van der Waals surface area contributed by atoms with Gasteiger partial charge >= 0.3 is 0 Å². The fourth-order valence-electron chi connectivity index (χ4n) is 2.71. The van der Waals surface area contributed by atoms with Gasteiger partial charge in [-0.2, -0.15) is 5.26 Å². The van der Waals surface area contributed by atoms with Crippen LogP contribution in [0.4, 0.5) is 0 Å². The van der Waals surface area contributed by atoms with E-state index >= 15 is 0 Å². The largest absolute Gasteiger partial charge is 0.443 e. The molecule has 0 spiro atoms. The zero-order valence-electron chi connectivity index (χ0n) is 13.9. The van der Waals surface area contributed by atoms with Crippen LogP contribution in [0.1, 0.15) is 27.2 Å². The van der Waals surface area contributed by atoms with Crippen molar-refractivity contribution in [1.29, 1.82) is 5.26 Å². The molecular formula is C19H16ClN3O2. The lowest BCUT2D eigenvalue weighted by Crippen LogP contribution is -2.27. The van der Waals surface area contributed by atoms with Gasteiger partial charge in [0.1, 0.15) is 23.0 Å². The van der Waals surface area contributed by atoms with Crippen LogP contribution in [0.25, 0.3) is 5.88 Å². The first kappa shape index (κ1) is 16.9. The summed E-state index contributed by atoms with van der Waals surface area (Å²) in [6, 6.07) is 13.1. The summed E-state index contributed by atoms with van der Waals surface area (Å²) in [6.45, 7) is 2.07. The molecule has 0 aliphatic heterocycles. The minimum Gasteiger partial charge on any atom is -0.443 e. The molecule has 3 rings (SSSR count). The fraction of sp³-hybridized carbons (Fsp3) is 0.158. The molecule has 0 N–H and O–H groups in total. The molecule has 0 aliphatic carbocycles. The maximum absolute atomic E-state index is 12.9. The van der Waals surface area contributed by atoms with Gasteiger partial charge in [0.15, 0.2) is 0 Å². The molecule has 0 saturated heterocycles. The second-order valence-corrected chi connectivity index (χ2v) is 6.14. The number of furan rings is 1. The van der Waals surface area contributed by atoms with E-state index < -0.39 is 0 Å². The van der Waals surface area contributed by atoms with Crippen LogP contribution >= 0.6 is 11.6 Å². The number of aryl methyl sites for hydroxylation is 1. The van der Waals surface area contributed by atoms with E-state index in [1.165, 1.54) is 0 Å². The monoisotopic (exact) mass is 353 g/mol. The SMILES string of the molecule is Cc1oc(-n2cccc2)c(C#N)c1C(=O)N(C)Cc1cccc(Cl)c1. The van der Waals surface area contributed by atoms with E-state index in [1.54, 1.807) is 41.9 Å². The Morgan fingerprint density at radius 3 is 2.68 bits per heavy atom. The molecule has 0 atom stereocenters. The highest BCUT2D eigenvalue weighted by atomic mass is 35.5. The first-order valence-corrected chi connectivity index (χ1v) is 8.05. The van der Waals surface area contributed by atoms with Crippen molar-refractivity contribution in [2.45, 2.75) is 13.5 Å². The Morgan fingerprint density at radius 1 is 1.32 bits per heavy atom. The zero-order valence-corrected chi connectivity index (χ0v) is 14.6. The summed E-state index contributed by atoms with van der Waals surface area (Å²) < 4.78 is 7.37. The Morgan fingerprint density at radius 2 is 2.04 bits per heavy atom. The normalized spacial score (nSPS) is 10.5. The number of carbonyl (C=O) groups is 1. The van der Waals surface area contributed by atoms with Crippen molar-refractivity contribution in [2.75, 3.05) is 7.05 Å². The van der Waals surface area contributed by atoms with E-state index in [0.717, 1.165) is 5.56 Å². The van der Waals surface area contributed by atoms with E-state index in [0.29, 0.717) is 23.2 Å². The number of hydrogen-bond acceptors (Lipinski definition) is 3. The summed E-state index contributed by atoms with van der Waals surface area (Å²) in [5.41, 5.74) is 1.43. The zero-order chi connectivity index (χ0) is 18.0. The smallest absolute Gasteiger partial charge is 0.258 e. The highest BCUT2D eigenvalue weighted by Crippen LogP contribution is 2.27. The molecule has 0 unspecified atom stereocenters. The van der Waals surface area contributed by atoms with E-state index in [-0.39, 0.29) is 17.0 Å². The number of nitrogens with zero attached hydrogens (tertiary/aromatic N) is 3. The molecule has 0 saturated carbocycles. The third-order valence-corrected chi connectivity index (χ3v) is 4.12. The van der Waals surface area contributed by atoms with E-state index in [4.69, 9.17) is 16.0 Å². The molecule has 1 amide bonds. The Hall–Kier alpha value is -2.97. The Bertz CT molecular complexity index is 952. The summed E-state index contributed by atoms with van der Waals surface area (Å²) >= 11 is 5.99. The van der Waals surface area contributed by atoms with Crippen molar-refractivity contribution in [3.05, 3.63) is 76.3 Å². The Kier molecular flexibility index (Phi) is 4.64. The molecule has 0 fully saturated rings. The van der Waals surface area contributed by atoms with Crippen LogP contribution in [0.5, 0.6) is 0 Å². The molecule has 1 aromatic carbocycles. The predicted octanol–water partition coefficient (Wildman–Crippen LogP) is 4.18. The van der Waals surface area contributed by atoms with Gasteiger partial charge in [-0.25, -0.2) is 0 Å². The summed E-state index contributed by atoms with van der Waals surface area (Å²) in [6.07, 6.45) is 3.53. The number of hydrogen-bond donors (Lipinski definition) is 0. The quantitative estimate of drug-likeness (QED) is 0.707. The lowest BCUT2D eigenvalue weighted by molar-refractivity contribution is 0.0783. The summed E-state index contributed by atoms with van der Waals surface area (Å²) in [5, 5.41) is 10.2. The third kappa shape index (κ3) is 3.30. The van der Waals surface area contributed by atoms with Gasteiger partial charge in [0, 0.05) is 31.0 Å². The number of amides is 1. The Labute approximate surface area is 150 Å². The molecule has 6 heteroatoms. The number of aromatic nitrogens is 1. The van der Waals surface area contributed by atoms with Gasteiger partial charge in [-0.3, -0.25) is 9.36 Å². The second kappa shape index (κ2) is 6.88. The minimum atomic E-state index is -0.267. The topological polar surface area (TPSA) is 62.2 Å². The first-order chi connectivity index (χ1) is 12.0. The molecule has 2 heterocycles. The molecule has 0 aliphatic rings. The molecule has 3 aromatic rings. The molecule has 0 bridgehead atoms. The van der Waals surface area contributed by atoms with Crippen molar-refractivity contribution < 1.29 is 9.21 Å². The number of carbonyl (C=O) groups excluding carboxylic acids is 1. The maximum atomic E-state index is 12.9. The average molecular weight is 354 g/mol. The minimum absolute atomic E-state index is 0.233. The van der Waals surface area contributed by atoms with Gasteiger partial charge in [-0.15, -0.1) is 0 Å². The van der Waals surface area contributed by atoms with Crippen LogP contribution in [0.2, 0.25) is 5.02 Å². The van der Waals surface area contributed by atoms with Crippen molar-refractivity contribution >= 4 is 17.5 Å².